The molecule has 1 aliphatic carbocycles. The summed E-state index contributed by atoms with van der Waals surface area (Å²) in [7, 11) is 0. The normalized spacial score (nSPS) is 23.6. The van der Waals surface area contributed by atoms with Crippen LogP contribution in [0.25, 0.3) is 5.52 Å². The van der Waals surface area contributed by atoms with Crippen LogP contribution in [-0.2, 0) is 0 Å². The number of anilines is 1. The van der Waals surface area contributed by atoms with E-state index in [1.165, 1.54) is 5.69 Å². The quantitative estimate of drug-likeness (QED) is 0.865. The number of halogens is 1. The van der Waals surface area contributed by atoms with E-state index in [-0.39, 0.29) is 6.10 Å². The number of fused-ring (bicyclic) bond motifs is 1. The van der Waals surface area contributed by atoms with Crippen molar-refractivity contribution in [3.05, 3.63) is 22.4 Å². The van der Waals surface area contributed by atoms with Gasteiger partial charge in [-0.15, -0.1) is 5.10 Å². The van der Waals surface area contributed by atoms with Gasteiger partial charge in [-0.25, -0.2) is 9.50 Å². The number of aliphatic hydroxyl groups is 1. The summed E-state index contributed by atoms with van der Waals surface area (Å²) in [5, 5.41) is 17.7. The van der Waals surface area contributed by atoms with Crippen LogP contribution >= 0.6 is 15.9 Å². The predicted molar refractivity (Wildman–Crippen MR) is 91.3 cm³/mol. The van der Waals surface area contributed by atoms with E-state index in [9.17, 15) is 5.11 Å². The molecule has 0 amide bonds. The van der Waals surface area contributed by atoms with Crippen LogP contribution in [0.3, 0.4) is 0 Å². The van der Waals surface area contributed by atoms with Crippen LogP contribution in [-0.4, -0.2) is 31.9 Å². The second-order valence-electron chi connectivity index (χ2n) is 6.26. The summed E-state index contributed by atoms with van der Waals surface area (Å²) < 4.78 is 3.04. The second-order valence-corrected chi connectivity index (χ2v) is 7.11. The minimum atomic E-state index is -0.136. The Morgan fingerprint density at radius 1 is 1.41 bits per heavy atom. The van der Waals surface area contributed by atoms with Crippen LogP contribution in [0.4, 0.5) is 5.95 Å². The summed E-state index contributed by atoms with van der Waals surface area (Å²) in [4.78, 5) is 4.41. The topological polar surface area (TPSA) is 62.5 Å². The summed E-state index contributed by atoms with van der Waals surface area (Å²) >= 11 is 3.61. The molecule has 2 aromatic rings. The Morgan fingerprint density at radius 2 is 2.14 bits per heavy atom. The summed E-state index contributed by atoms with van der Waals surface area (Å²) in [5.74, 6) is 1.12. The number of nitrogens with zero attached hydrogens (tertiary/aromatic N) is 3. The molecule has 1 aliphatic rings. The highest BCUT2D eigenvalue weighted by molar-refractivity contribution is 9.10. The van der Waals surface area contributed by atoms with Gasteiger partial charge >= 0.3 is 0 Å². The first-order chi connectivity index (χ1) is 10.6. The number of aliphatic hydroxyl groups excluding tert-OH is 1. The van der Waals surface area contributed by atoms with Gasteiger partial charge in [0.05, 0.1) is 17.8 Å². The molecule has 1 fully saturated rings. The van der Waals surface area contributed by atoms with E-state index >= 15 is 0 Å². The maximum Gasteiger partial charge on any atom is 0.241 e. The van der Waals surface area contributed by atoms with Crippen molar-refractivity contribution in [3.63, 3.8) is 0 Å². The van der Waals surface area contributed by atoms with Crippen LogP contribution in [0.15, 0.2) is 16.7 Å². The molecule has 0 aromatic carbocycles. The van der Waals surface area contributed by atoms with Crippen molar-refractivity contribution in [2.24, 2.45) is 0 Å². The molecule has 6 heteroatoms. The molecule has 0 spiro atoms. The molecule has 0 saturated heterocycles. The maximum absolute atomic E-state index is 9.71. The molecule has 1 saturated carbocycles. The van der Waals surface area contributed by atoms with Crippen LogP contribution in [0.1, 0.15) is 57.6 Å². The molecule has 0 radical (unpaired) electrons. The van der Waals surface area contributed by atoms with Gasteiger partial charge in [0.15, 0.2) is 0 Å². The average Bonchev–Trinajstić information content (AvgIpc) is 2.84. The summed E-state index contributed by atoms with van der Waals surface area (Å²) in [5.41, 5.74) is 2.21. The summed E-state index contributed by atoms with van der Waals surface area (Å²) in [6, 6.07) is 2.50. The Balaban J connectivity index is 1.93. The first kappa shape index (κ1) is 15.7. The Morgan fingerprint density at radius 3 is 2.82 bits per heavy atom. The van der Waals surface area contributed by atoms with Gasteiger partial charge in [-0.05, 0) is 61.0 Å². The molecule has 3 rings (SSSR count). The molecule has 1 atom stereocenters. The zero-order valence-electron chi connectivity index (χ0n) is 13.1. The molecular formula is C16H23BrN4O. The maximum atomic E-state index is 9.71. The van der Waals surface area contributed by atoms with Crippen molar-refractivity contribution in [1.29, 1.82) is 0 Å². The molecule has 120 valence electrons. The Hall–Kier alpha value is -1.14. The van der Waals surface area contributed by atoms with Crippen molar-refractivity contribution in [2.75, 3.05) is 5.32 Å². The molecule has 2 aromatic heterocycles. The van der Waals surface area contributed by atoms with Crippen LogP contribution in [0, 0.1) is 0 Å². The monoisotopic (exact) mass is 366 g/mol. The van der Waals surface area contributed by atoms with E-state index in [0.717, 1.165) is 42.1 Å². The van der Waals surface area contributed by atoms with Crippen molar-refractivity contribution in [2.45, 2.75) is 64.0 Å². The molecule has 0 unspecified atom stereocenters. The van der Waals surface area contributed by atoms with Gasteiger partial charge in [0.2, 0.25) is 5.95 Å². The largest absolute Gasteiger partial charge is 0.393 e. The van der Waals surface area contributed by atoms with E-state index in [0.29, 0.717) is 17.9 Å². The minimum absolute atomic E-state index is 0.136. The lowest BCUT2D eigenvalue weighted by Crippen LogP contribution is -2.19. The smallest absolute Gasteiger partial charge is 0.241 e. The van der Waals surface area contributed by atoms with Gasteiger partial charge in [0.1, 0.15) is 0 Å². The Kier molecular flexibility index (Phi) is 4.68. The number of nitrogens with one attached hydrogen (secondary N) is 1. The first-order valence-electron chi connectivity index (χ1n) is 8.07. The average molecular weight is 367 g/mol. The van der Waals surface area contributed by atoms with Crippen molar-refractivity contribution in [1.82, 2.24) is 14.6 Å². The molecule has 0 aliphatic heterocycles. The van der Waals surface area contributed by atoms with E-state index in [1.807, 2.05) is 10.7 Å². The molecule has 5 nitrogen and oxygen atoms in total. The first-order valence-corrected chi connectivity index (χ1v) is 8.86. The van der Waals surface area contributed by atoms with Crippen LogP contribution in [0.5, 0.6) is 0 Å². The molecule has 22 heavy (non-hydrogen) atoms. The van der Waals surface area contributed by atoms with E-state index in [1.54, 1.807) is 0 Å². The number of hydrogen-bond acceptors (Lipinski definition) is 4. The number of aromatic nitrogens is 3. The van der Waals surface area contributed by atoms with Crippen molar-refractivity contribution >= 4 is 27.4 Å². The lowest BCUT2D eigenvalue weighted by Gasteiger charge is -2.25. The van der Waals surface area contributed by atoms with E-state index < -0.39 is 0 Å². The highest BCUT2D eigenvalue weighted by atomic mass is 79.9. The third kappa shape index (κ3) is 3.13. The van der Waals surface area contributed by atoms with Crippen molar-refractivity contribution in [3.8, 4) is 0 Å². The van der Waals surface area contributed by atoms with Crippen molar-refractivity contribution < 1.29 is 5.11 Å². The Bertz CT molecular complexity index is 649. The van der Waals surface area contributed by atoms with Gasteiger partial charge in [0.25, 0.3) is 0 Å². The van der Waals surface area contributed by atoms with Crippen LogP contribution in [0.2, 0.25) is 0 Å². The summed E-state index contributed by atoms with van der Waals surface area (Å²) in [6.07, 6.45) is 6.53. The fraction of sp³-hybridized carbons (Fsp3) is 0.625. The van der Waals surface area contributed by atoms with Gasteiger partial charge in [-0.3, -0.25) is 0 Å². The second kappa shape index (κ2) is 6.54. The Labute approximate surface area is 139 Å². The lowest BCUT2D eigenvalue weighted by molar-refractivity contribution is 0.121. The summed E-state index contributed by atoms with van der Waals surface area (Å²) in [6.45, 7) is 4.27. The van der Waals surface area contributed by atoms with E-state index in [4.69, 9.17) is 0 Å². The third-order valence-electron chi connectivity index (χ3n) is 4.60. The van der Waals surface area contributed by atoms with Crippen LogP contribution < -0.4 is 5.32 Å². The highest BCUT2D eigenvalue weighted by Crippen LogP contribution is 2.36. The van der Waals surface area contributed by atoms with Gasteiger partial charge in [-0.1, -0.05) is 6.92 Å². The zero-order valence-corrected chi connectivity index (χ0v) is 14.7. The number of hydrogen-bond donors (Lipinski definition) is 2. The third-order valence-corrected chi connectivity index (χ3v) is 5.23. The predicted octanol–water partition coefficient (Wildman–Crippen LogP) is 3.72. The standard InChI is InChI=1S/C16H23BrN4O/c1-3-10(2)19-16-18-9-15-13(17)8-14(21(15)20-16)11-4-6-12(22)7-5-11/h8-12,22H,3-7H2,1-2H3,(H,19,20)/t10-,11?,12?/m0/s1. The zero-order chi connectivity index (χ0) is 15.7. The minimum Gasteiger partial charge on any atom is -0.393 e. The van der Waals surface area contributed by atoms with Gasteiger partial charge < -0.3 is 10.4 Å². The fourth-order valence-electron chi connectivity index (χ4n) is 3.03. The SMILES string of the molecule is CC[C@H](C)Nc1ncc2c(Br)cc(C3CCC(O)CC3)n2n1. The molecule has 0 bridgehead atoms. The lowest BCUT2D eigenvalue weighted by atomic mass is 9.85. The number of rotatable bonds is 4. The van der Waals surface area contributed by atoms with Gasteiger partial charge in [-0.2, -0.15) is 0 Å². The molecular weight excluding hydrogens is 344 g/mol. The van der Waals surface area contributed by atoms with Gasteiger partial charge in [0, 0.05) is 22.1 Å². The molecule has 2 heterocycles. The molecule has 2 N–H and O–H groups in total. The van der Waals surface area contributed by atoms with E-state index in [2.05, 4.69) is 51.2 Å². The fourth-order valence-corrected chi connectivity index (χ4v) is 3.53. The highest BCUT2D eigenvalue weighted by Gasteiger charge is 2.24.